The molecule has 13 aromatic carbocycles. The van der Waals surface area contributed by atoms with E-state index in [9.17, 15) is 35.6 Å². The van der Waals surface area contributed by atoms with Gasteiger partial charge in [0.2, 0.25) is 0 Å². The summed E-state index contributed by atoms with van der Waals surface area (Å²) in [5.74, 6) is 0. The molecular formula is C126H148BN3. The lowest BCUT2D eigenvalue weighted by atomic mass is 9.33. The molecule has 14 aromatic rings. The van der Waals surface area contributed by atoms with E-state index in [4.69, 9.17) is 0 Å². The van der Waals surface area contributed by atoms with E-state index in [1.54, 1.807) is 85.4 Å². The lowest BCUT2D eigenvalue weighted by molar-refractivity contribution is 0.568. The highest BCUT2D eigenvalue weighted by atomic mass is 15.2. The fourth-order valence-corrected chi connectivity index (χ4v) is 17.6. The van der Waals surface area contributed by atoms with Crippen LogP contribution in [0.4, 0.5) is 34.1 Å². The van der Waals surface area contributed by atoms with Gasteiger partial charge in [-0.3, -0.25) is 0 Å². The van der Waals surface area contributed by atoms with Crippen molar-refractivity contribution in [1.29, 1.82) is 0 Å². The molecule has 0 atom stereocenters. The van der Waals surface area contributed by atoms with Crippen LogP contribution in [0.5, 0.6) is 0 Å². The van der Waals surface area contributed by atoms with Crippen LogP contribution in [-0.2, 0) is 65.0 Å². The fraction of sp³-hybridized carbons (Fsp3) is 0.381. The van der Waals surface area contributed by atoms with E-state index < -0.39 is 210 Å². The quantitative estimate of drug-likeness (QED) is 0.133. The molecule has 0 radical (unpaired) electrons. The fourth-order valence-electron chi connectivity index (χ4n) is 17.6. The van der Waals surface area contributed by atoms with Crippen LogP contribution in [0.3, 0.4) is 0 Å². The number of anilines is 6. The number of para-hydroxylation sites is 2. The van der Waals surface area contributed by atoms with Gasteiger partial charge in [0.05, 0.1) is 58.0 Å². The monoisotopic (exact) mass is 1740 g/mol. The lowest BCUT2D eigenvalue weighted by Crippen LogP contribution is -2.61. The van der Waals surface area contributed by atoms with E-state index in [0.717, 1.165) is 27.8 Å². The van der Waals surface area contributed by atoms with Crippen LogP contribution in [-0.4, -0.2) is 11.3 Å². The normalized spacial score (nSPS) is 16.8. The molecule has 0 spiro atoms. The largest absolute Gasteiger partial charge is 0.310 e. The molecule has 1 aromatic heterocycles. The Kier molecular flexibility index (Phi) is 15.8. The molecule has 0 saturated carbocycles. The highest BCUT2D eigenvalue weighted by molar-refractivity contribution is 7.00. The SMILES string of the molecule is [2H]c1c([2H])c(C(C)(C)C)c([2H])c([2H])c1-c1c([2H])c(C(C)(C)C)c([2H])c(-c2c([2H])c([2H])c(C(C)(C)C)c([2H])c2C(C)(C)C)c1N1c2ccc(-c3cc(C(C)(C)C)cc(C(C)(C)C)c3)cc2B2c3ccc(-n4c5c([2H])c([2H])c([2H])c([2H])c5c5c([2H])c([2H])c([2H])c([2H])c54)cc3N(c3c(-c4c([2H])c([2H])c(C(C)(C)C)c([2H])c4[2H])c([2H])c(C(C)(C)C)c([2H])c3-c3c([2H])c([2H])c(C(C)(C)C)c([2H])c3C(C)(C)C)c3cc(-c4cc(C(C)(C)C)cc(C(C)(C)C)c4)cc1c32. The number of benzene rings is 13. The Morgan fingerprint density at radius 3 is 0.915 bits per heavy atom. The van der Waals surface area contributed by atoms with E-state index >= 15 is 0 Å². The predicted octanol–water partition coefficient (Wildman–Crippen LogP) is 34.4. The Balaban J connectivity index is 1.35. The Bertz CT molecular complexity index is 8280. The van der Waals surface area contributed by atoms with Crippen LogP contribution < -0.4 is 26.2 Å². The van der Waals surface area contributed by atoms with Gasteiger partial charge in [-0.05, 0) is 259 Å². The third-order valence-electron chi connectivity index (χ3n) is 25.6. The van der Waals surface area contributed by atoms with E-state index in [1.165, 1.54) is 4.57 Å². The molecule has 0 unspecified atom stereocenters. The van der Waals surface area contributed by atoms with Crippen LogP contribution >= 0.6 is 0 Å². The summed E-state index contributed by atoms with van der Waals surface area (Å²) < 4.78 is 280. The summed E-state index contributed by atoms with van der Waals surface area (Å²) in [4.78, 5) is 3.63. The highest BCUT2D eigenvalue weighted by Crippen LogP contribution is 2.58. The Hall–Kier alpha value is -10.7. The predicted molar refractivity (Wildman–Crippen MR) is 572 cm³/mol. The highest BCUT2D eigenvalue weighted by Gasteiger charge is 2.48. The van der Waals surface area contributed by atoms with Gasteiger partial charge in [0.25, 0.3) is 6.71 Å². The molecule has 0 amide bonds. The van der Waals surface area contributed by atoms with Crippen LogP contribution in [0, 0.1) is 0 Å². The zero-order valence-corrected chi connectivity index (χ0v) is 84.0. The minimum Gasteiger partial charge on any atom is -0.310 e. The molecule has 0 N–H and O–H groups in total. The molecule has 0 aliphatic carbocycles. The molecule has 3 nitrogen and oxygen atoms in total. The van der Waals surface area contributed by atoms with Crippen molar-refractivity contribution in [2.45, 2.75) is 314 Å². The summed E-state index contributed by atoms with van der Waals surface area (Å²) in [6.45, 7) is 68.0. The first kappa shape index (κ1) is 65.0. The summed E-state index contributed by atoms with van der Waals surface area (Å²) in [5, 5.41) is -0.540. The maximum Gasteiger partial charge on any atom is 0.252 e. The van der Waals surface area contributed by atoms with Crippen LogP contribution in [0.15, 0.2) is 242 Å². The smallest absolute Gasteiger partial charge is 0.252 e. The summed E-state index contributed by atoms with van der Waals surface area (Å²) in [6, 6.07) is 14.3. The molecule has 2 aliphatic heterocycles. The third-order valence-corrected chi connectivity index (χ3v) is 25.6. The van der Waals surface area contributed by atoms with Crippen molar-refractivity contribution in [2.24, 2.45) is 0 Å². The number of fused-ring (bicyclic) bond motifs is 7. The number of aromatic nitrogens is 1. The summed E-state index contributed by atoms with van der Waals surface area (Å²) in [5.41, 5.74) is -6.87. The Morgan fingerprint density at radius 2 is 0.554 bits per heavy atom. The van der Waals surface area contributed by atoms with E-state index in [0.29, 0.717) is 27.6 Å². The number of hydrogen-bond acceptors (Lipinski definition) is 2. The molecule has 4 heteroatoms. The van der Waals surface area contributed by atoms with Crippen molar-refractivity contribution in [1.82, 2.24) is 4.57 Å². The first-order valence-corrected chi connectivity index (χ1v) is 46.2. The second-order valence-corrected chi connectivity index (χ2v) is 48.9. The maximum absolute atomic E-state index is 12.0. The first-order chi connectivity index (χ1) is 70.9. The summed E-state index contributed by atoms with van der Waals surface area (Å²) in [7, 11) is 0. The van der Waals surface area contributed by atoms with Gasteiger partial charge in [0.15, 0.2) is 0 Å². The number of rotatable bonds is 9. The molecule has 0 saturated heterocycles. The second-order valence-electron chi connectivity index (χ2n) is 48.9. The molecule has 0 bridgehead atoms. The van der Waals surface area contributed by atoms with E-state index in [1.807, 2.05) is 133 Å². The van der Waals surface area contributed by atoms with Crippen molar-refractivity contribution in [3.8, 4) is 72.4 Å². The van der Waals surface area contributed by atoms with Crippen molar-refractivity contribution < 1.29 is 35.6 Å². The van der Waals surface area contributed by atoms with Crippen LogP contribution in [0.25, 0.3) is 94.3 Å². The van der Waals surface area contributed by atoms with Crippen LogP contribution in [0.2, 0.25) is 0 Å². The average Bonchev–Trinajstić information content (AvgIpc) is 0.835. The summed E-state index contributed by atoms with van der Waals surface area (Å²) >= 11 is 0. The zero-order chi connectivity index (χ0) is 117. The van der Waals surface area contributed by atoms with Crippen molar-refractivity contribution in [3.05, 3.63) is 309 Å². The summed E-state index contributed by atoms with van der Waals surface area (Å²) in [6.07, 6.45) is 0. The maximum atomic E-state index is 12.0. The van der Waals surface area contributed by atoms with Crippen LogP contribution in [0.1, 0.15) is 352 Å². The molecular weight excluding hydrogens is 1570 g/mol. The Labute approximate surface area is 820 Å². The number of hydrogen-bond donors (Lipinski definition) is 0. The molecule has 130 heavy (non-hydrogen) atoms. The van der Waals surface area contributed by atoms with Gasteiger partial charge in [-0.1, -0.05) is 425 Å². The second kappa shape index (κ2) is 31.5. The third kappa shape index (κ3) is 17.3. The lowest BCUT2D eigenvalue weighted by Gasteiger charge is -2.46. The van der Waals surface area contributed by atoms with E-state index in [-0.39, 0.29) is 175 Å². The van der Waals surface area contributed by atoms with Gasteiger partial charge in [-0.25, -0.2) is 0 Å². The minimum absolute atomic E-state index is 0.000559. The van der Waals surface area contributed by atoms with Gasteiger partial charge in [0.1, 0.15) is 0 Å². The van der Waals surface area contributed by atoms with Crippen molar-refractivity contribution in [2.75, 3.05) is 9.80 Å². The van der Waals surface area contributed by atoms with Gasteiger partial charge in [-0.2, -0.15) is 0 Å². The van der Waals surface area contributed by atoms with Gasteiger partial charge in [-0.15, -0.1) is 0 Å². The molecule has 0 fully saturated rings. The van der Waals surface area contributed by atoms with Crippen molar-refractivity contribution in [3.63, 3.8) is 0 Å². The molecule has 3 heterocycles. The van der Waals surface area contributed by atoms with E-state index in [2.05, 4.69) is 126 Å². The first-order valence-electron chi connectivity index (χ1n) is 59.2. The molecule has 2 aliphatic rings. The Morgan fingerprint density at radius 1 is 0.223 bits per heavy atom. The zero-order valence-electron chi connectivity index (χ0n) is 110. The topological polar surface area (TPSA) is 11.4 Å². The van der Waals surface area contributed by atoms with Gasteiger partial charge < -0.3 is 14.4 Å². The molecule has 16 rings (SSSR count). The average molecular weight is 1740 g/mol. The standard InChI is InChI=1S/C126H148BN3/c1-115(2,3)83-50-45-77(46-51-83)98-70-91(123(25,26)27)72-100(94-57-54-85(117(7,8)9)74-102(94)125(31,32)33)113(98)129-108-60-49-79(80-61-87(119(13,14)15)68-88(62-80)120(16,17)18)65-105(108)127-104-59-56-93(128-106-43-39-37-41-96(106)97-42-38-40-44-107(97)128)76-109(104)130(111-67-82(66-110(129)112(111)127)81-63-89(121(19,20)21)69-90(64-81)122(22,23)24)114-99(78-47-52-84(53-48-78)116(4,5)6)71-92(124(28,29)30)73-101(114)95-58-55-86(118(10,11)12)75-103(95)126(34,35)36/h37-76H,1-36H3/i37D,38D,39D,40D,41D,42D,43D,44D,45D,46D,47D,48D,50D,51D,52D,53D,54D,55D,57D,58D,70D,71D,72D,73D,74D,75D. The number of nitrogens with zero attached hydrogens (tertiary/aromatic N) is 3. The van der Waals surface area contributed by atoms with Gasteiger partial charge in [0, 0.05) is 61.5 Å². The van der Waals surface area contributed by atoms with Gasteiger partial charge >= 0.3 is 0 Å². The van der Waals surface area contributed by atoms with Crippen molar-refractivity contribution >= 4 is 79.0 Å². The molecule has 670 valence electrons. The minimum atomic E-state index is -1.36.